The fourth-order valence-corrected chi connectivity index (χ4v) is 3.69. The Morgan fingerprint density at radius 2 is 2.21 bits per heavy atom. The molecule has 0 bridgehead atoms. The fourth-order valence-electron chi connectivity index (χ4n) is 3.00. The lowest BCUT2D eigenvalue weighted by atomic mass is 9.97. The predicted molar refractivity (Wildman–Crippen MR) is 105 cm³/mol. The third kappa shape index (κ3) is 3.92. The second-order valence-corrected chi connectivity index (χ2v) is 6.97. The summed E-state index contributed by atoms with van der Waals surface area (Å²) >= 11 is 2.27. The predicted octanol–water partition coefficient (Wildman–Crippen LogP) is 2.88. The quantitative estimate of drug-likeness (QED) is 0.541. The number of esters is 1. The highest BCUT2D eigenvalue weighted by Gasteiger charge is 2.18. The Bertz CT molecular complexity index is 800. The zero-order valence-electron chi connectivity index (χ0n) is 13.4. The van der Waals surface area contributed by atoms with Gasteiger partial charge in [0.2, 0.25) is 5.43 Å². The number of ether oxygens (including phenoxy) is 1. The average molecular weight is 463 g/mol. The molecule has 0 spiro atoms. The van der Waals surface area contributed by atoms with Crippen LogP contribution in [0.1, 0.15) is 29.3 Å². The molecule has 24 heavy (non-hydrogen) atoms. The summed E-state index contributed by atoms with van der Waals surface area (Å²) in [5.41, 5.74) is 1.79. The van der Waals surface area contributed by atoms with E-state index in [9.17, 15) is 9.59 Å². The van der Waals surface area contributed by atoms with Crippen LogP contribution in [0.15, 0.2) is 23.1 Å². The highest BCUT2D eigenvalue weighted by molar-refractivity contribution is 14.1. The van der Waals surface area contributed by atoms with E-state index in [4.69, 9.17) is 4.74 Å². The smallest absolute Gasteiger partial charge is 0.343 e. The van der Waals surface area contributed by atoms with Crippen LogP contribution in [-0.2, 0) is 11.2 Å². The number of carbonyl (C=O) groups excluding carboxylic acids is 1. The van der Waals surface area contributed by atoms with Crippen LogP contribution in [0, 0.1) is 9.49 Å². The Kier molecular flexibility index (Phi) is 6.65. The van der Waals surface area contributed by atoms with Crippen molar-refractivity contribution in [3.05, 3.63) is 43.2 Å². The zero-order valence-corrected chi connectivity index (χ0v) is 16.3. The number of hydrogen-bond acceptors (Lipinski definition) is 4. The first-order chi connectivity index (χ1) is 11.1. The largest absolute Gasteiger partial charge is 0.462 e. The molecule has 1 fully saturated rings. The first-order valence-corrected chi connectivity index (χ1v) is 8.89. The summed E-state index contributed by atoms with van der Waals surface area (Å²) in [7, 11) is 0. The van der Waals surface area contributed by atoms with Gasteiger partial charge in [0.1, 0.15) is 5.56 Å². The second-order valence-electron chi connectivity index (χ2n) is 5.80. The maximum absolute atomic E-state index is 12.5. The van der Waals surface area contributed by atoms with Crippen LogP contribution in [-0.4, -0.2) is 30.6 Å². The molecular formula is C17H20ClIN2O3. The van der Waals surface area contributed by atoms with Crippen molar-refractivity contribution in [2.45, 2.75) is 19.8 Å². The molecule has 0 aliphatic carbocycles. The van der Waals surface area contributed by atoms with Crippen molar-refractivity contribution in [3.8, 4) is 0 Å². The third-order valence-electron chi connectivity index (χ3n) is 4.21. The molecule has 2 N–H and O–H groups in total. The molecule has 1 aromatic carbocycles. The summed E-state index contributed by atoms with van der Waals surface area (Å²) < 4.78 is 6.00. The number of H-pyrrole nitrogens is 1. The highest BCUT2D eigenvalue weighted by Crippen LogP contribution is 2.23. The topological polar surface area (TPSA) is 71.2 Å². The SMILES string of the molecule is CCOC(=O)c1c[nH]c2cc(CC3CCNC3)c(I)cc2c1=O.Cl. The Labute approximate surface area is 160 Å². The molecule has 1 atom stereocenters. The first-order valence-electron chi connectivity index (χ1n) is 7.81. The molecule has 0 radical (unpaired) electrons. The van der Waals surface area contributed by atoms with Gasteiger partial charge in [0, 0.05) is 20.7 Å². The van der Waals surface area contributed by atoms with Gasteiger partial charge in [0.05, 0.1) is 6.61 Å². The molecule has 1 aliphatic heterocycles. The normalized spacial score (nSPS) is 16.8. The molecule has 1 saturated heterocycles. The Balaban J connectivity index is 0.00000208. The number of fused-ring (bicyclic) bond motifs is 1. The minimum absolute atomic E-state index is 0. The van der Waals surface area contributed by atoms with Crippen molar-refractivity contribution >= 4 is 51.9 Å². The van der Waals surface area contributed by atoms with E-state index >= 15 is 0 Å². The van der Waals surface area contributed by atoms with Crippen molar-refractivity contribution in [2.24, 2.45) is 5.92 Å². The van der Waals surface area contributed by atoms with Gasteiger partial charge in [-0.25, -0.2) is 4.79 Å². The van der Waals surface area contributed by atoms with E-state index in [1.807, 2.05) is 12.1 Å². The molecule has 5 nitrogen and oxygen atoms in total. The van der Waals surface area contributed by atoms with Gasteiger partial charge in [-0.15, -0.1) is 12.4 Å². The molecule has 130 valence electrons. The minimum atomic E-state index is -0.577. The van der Waals surface area contributed by atoms with Crippen LogP contribution in [0.5, 0.6) is 0 Å². The molecule has 7 heteroatoms. The second kappa shape index (κ2) is 8.31. The van der Waals surface area contributed by atoms with Crippen LogP contribution < -0.4 is 10.7 Å². The number of pyridine rings is 1. The number of aromatic amines is 1. The van der Waals surface area contributed by atoms with E-state index < -0.39 is 5.97 Å². The van der Waals surface area contributed by atoms with E-state index in [0.717, 1.165) is 28.6 Å². The van der Waals surface area contributed by atoms with Crippen LogP contribution in [0.3, 0.4) is 0 Å². The maximum Gasteiger partial charge on any atom is 0.343 e. The molecule has 2 aromatic rings. The average Bonchev–Trinajstić information content (AvgIpc) is 3.02. The van der Waals surface area contributed by atoms with Gasteiger partial charge in [0.25, 0.3) is 0 Å². The van der Waals surface area contributed by atoms with Crippen molar-refractivity contribution < 1.29 is 9.53 Å². The Morgan fingerprint density at radius 1 is 1.42 bits per heavy atom. The number of nitrogens with one attached hydrogen (secondary N) is 2. The molecule has 0 saturated carbocycles. The Hall–Kier alpha value is -1.12. The number of hydrogen-bond donors (Lipinski definition) is 2. The van der Waals surface area contributed by atoms with Crippen molar-refractivity contribution in [2.75, 3.05) is 19.7 Å². The van der Waals surface area contributed by atoms with Gasteiger partial charge in [-0.1, -0.05) is 0 Å². The van der Waals surface area contributed by atoms with E-state index in [1.165, 1.54) is 18.2 Å². The van der Waals surface area contributed by atoms with Crippen molar-refractivity contribution in [1.82, 2.24) is 10.3 Å². The van der Waals surface area contributed by atoms with E-state index in [-0.39, 0.29) is 30.0 Å². The molecule has 2 heterocycles. The number of aromatic nitrogens is 1. The van der Waals surface area contributed by atoms with E-state index in [0.29, 0.717) is 11.3 Å². The lowest BCUT2D eigenvalue weighted by Crippen LogP contribution is -2.18. The standard InChI is InChI=1S/C17H19IN2O3.ClH/c1-2-23-17(22)13-9-20-15-6-11(5-10-3-4-19-8-10)14(18)7-12(15)16(13)21;/h6-7,9-10,19H,2-5,8H2,1H3,(H,20,21);1H. The zero-order chi connectivity index (χ0) is 16.4. The van der Waals surface area contributed by atoms with Crippen LogP contribution >= 0.6 is 35.0 Å². The monoisotopic (exact) mass is 462 g/mol. The van der Waals surface area contributed by atoms with Gasteiger partial charge in [-0.2, -0.15) is 0 Å². The van der Waals surface area contributed by atoms with E-state index in [1.54, 1.807) is 6.92 Å². The number of rotatable bonds is 4. The lowest BCUT2D eigenvalue weighted by Gasteiger charge is -2.12. The summed E-state index contributed by atoms with van der Waals surface area (Å²) in [6, 6.07) is 3.90. The minimum Gasteiger partial charge on any atom is -0.462 e. The highest BCUT2D eigenvalue weighted by atomic mass is 127. The van der Waals surface area contributed by atoms with Gasteiger partial charge in [-0.3, -0.25) is 4.79 Å². The first kappa shape index (κ1) is 19.2. The third-order valence-corrected chi connectivity index (χ3v) is 5.22. The summed E-state index contributed by atoms with van der Waals surface area (Å²) in [5, 5.41) is 3.91. The molecule has 0 amide bonds. The Morgan fingerprint density at radius 3 is 2.88 bits per heavy atom. The van der Waals surface area contributed by atoms with Crippen LogP contribution in [0.4, 0.5) is 0 Å². The van der Waals surface area contributed by atoms with Crippen LogP contribution in [0.25, 0.3) is 10.9 Å². The number of halogens is 2. The molecule has 1 aromatic heterocycles. The molecule has 3 rings (SSSR count). The van der Waals surface area contributed by atoms with Gasteiger partial charge in [0.15, 0.2) is 0 Å². The van der Waals surface area contributed by atoms with E-state index in [2.05, 4.69) is 32.9 Å². The van der Waals surface area contributed by atoms with Gasteiger partial charge in [-0.05, 0) is 79.1 Å². The summed E-state index contributed by atoms with van der Waals surface area (Å²) in [4.78, 5) is 27.4. The number of carbonyl (C=O) groups is 1. The summed E-state index contributed by atoms with van der Waals surface area (Å²) in [6.45, 7) is 4.10. The molecule has 1 unspecified atom stereocenters. The summed E-state index contributed by atoms with van der Waals surface area (Å²) in [6.07, 6.45) is 3.64. The molecular weight excluding hydrogens is 443 g/mol. The van der Waals surface area contributed by atoms with Gasteiger partial charge >= 0.3 is 5.97 Å². The number of benzene rings is 1. The van der Waals surface area contributed by atoms with Gasteiger partial charge < -0.3 is 15.0 Å². The lowest BCUT2D eigenvalue weighted by molar-refractivity contribution is 0.0524. The fraction of sp³-hybridized carbons (Fsp3) is 0.412. The van der Waals surface area contributed by atoms with Crippen molar-refractivity contribution in [3.63, 3.8) is 0 Å². The van der Waals surface area contributed by atoms with Crippen LogP contribution in [0.2, 0.25) is 0 Å². The summed E-state index contributed by atoms with van der Waals surface area (Å²) in [5.74, 6) is 0.0678. The van der Waals surface area contributed by atoms with Crippen molar-refractivity contribution in [1.29, 1.82) is 0 Å². The molecule has 1 aliphatic rings. The maximum atomic E-state index is 12.5.